The fourth-order valence-corrected chi connectivity index (χ4v) is 2.12. The molecular weight excluding hydrogens is 198 g/mol. The molecule has 0 aliphatic heterocycles. The molecule has 0 amide bonds. The predicted molar refractivity (Wildman–Crippen MR) is 55.4 cm³/mol. The maximum absolute atomic E-state index is 11.7. The topological polar surface area (TPSA) is 30.0 Å². The van der Waals surface area contributed by atoms with Gasteiger partial charge in [0.25, 0.3) is 0 Å². The van der Waals surface area contributed by atoms with E-state index in [1.54, 1.807) is 18.3 Å². The minimum atomic E-state index is -0.0244. The number of carbonyl (C=O) groups is 1. The summed E-state index contributed by atoms with van der Waals surface area (Å²) >= 11 is 5.86. The summed E-state index contributed by atoms with van der Waals surface area (Å²) in [6, 6.07) is 3.52. The van der Waals surface area contributed by atoms with E-state index < -0.39 is 0 Å². The van der Waals surface area contributed by atoms with E-state index in [4.69, 9.17) is 11.6 Å². The van der Waals surface area contributed by atoms with Gasteiger partial charge in [0.1, 0.15) is 5.78 Å². The Hall–Kier alpha value is -0.890. The van der Waals surface area contributed by atoms with Crippen molar-refractivity contribution in [3.63, 3.8) is 0 Å². The molecule has 1 aromatic heterocycles. The van der Waals surface area contributed by atoms with Crippen LogP contribution in [0.25, 0.3) is 0 Å². The summed E-state index contributed by atoms with van der Waals surface area (Å²) in [7, 11) is 0. The molecule has 2 atom stereocenters. The summed E-state index contributed by atoms with van der Waals surface area (Å²) in [6.07, 6.45) is 3.54. The summed E-state index contributed by atoms with van der Waals surface area (Å²) in [5, 5.41) is 0.655. The van der Waals surface area contributed by atoms with Gasteiger partial charge in [-0.05, 0) is 25.0 Å². The van der Waals surface area contributed by atoms with Crippen LogP contribution in [0.15, 0.2) is 18.3 Å². The van der Waals surface area contributed by atoms with Crippen LogP contribution in [0.5, 0.6) is 0 Å². The third kappa shape index (κ3) is 1.67. The Morgan fingerprint density at radius 1 is 1.50 bits per heavy atom. The third-order valence-corrected chi connectivity index (χ3v) is 3.05. The van der Waals surface area contributed by atoms with Gasteiger partial charge in [-0.1, -0.05) is 18.5 Å². The maximum Gasteiger partial charge on any atom is 0.144 e. The van der Waals surface area contributed by atoms with Crippen molar-refractivity contribution in [2.45, 2.75) is 25.7 Å². The highest BCUT2D eigenvalue weighted by Gasteiger charge is 2.32. The molecule has 0 N–H and O–H groups in total. The van der Waals surface area contributed by atoms with Crippen molar-refractivity contribution in [3.8, 4) is 0 Å². The average Bonchev–Trinajstić information content (AvgIpc) is 2.48. The highest BCUT2D eigenvalue weighted by atomic mass is 35.5. The van der Waals surface area contributed by atoms with Crippen LogP contribution in [0.3, 0.4) is 0 Å². The monoisotopic (exact) mass is 209 g/mol. The first kappa shape index (κ1) is 9.66. The lowest BCUT2D eigenvalue weighted by Gasteiger charge is -2.07. The maximum atomic E-state index is 11.7. The van der Waals surface area contributed by atoms with Crippen molar-refractivity contribution < 1.29 is 4.79 Å². The fraction of sp³-hybridized carbons (Fsp3) is 0.455. The number of ketones is 1. The molecule has 1 aliphatic carbocycles. The van der Waals surface area contributed by atoms with Crippen LogP contribution < -0.4 is 0 Å². The summed E-state index contributed by atoms with van der Waals surface area (Å²) in [5.74, 6) is 0.462. The van der Waals surface area contributed by atoms with E-state index in [1.807, 2.05) is 6.92 Å². The van der Waals surface area contributed by atoms with E-state index in [0.29, 0.717) is 10.8 Å². The van der Waals surface area contributed by atoms with Gasteiger partial charge in [-0.15, -0.1) is 0 Å². The van der Waals surface area contributed by atoms with Crippen molar-refractivity contribution >= 4 is 17.4 Å². The van der Waals surface area contributed by atoms with Gasteiger partial charge in [0, 0.05) is 17.1 Å². The molecule has 0 radical (unpaired) electrons. The van der Waals surface area contributed by atoms with Gasteiger partial charge >= 0.3 is 0 Å². The predicted octanol–water partition coefficient (Wildman–Crippen LogP) is 2.82. The third-order valence-electron chi connectivity index (χ3n) is 2.82. The number of Topliss-reactive ketones (excluding diaryl/α,β-unsaturated/α-hetero) is 1. The van der Waals surface area contributed by atoms with Crippen LogP contribution in [0, 0.1) is 5.92 Å². The Morgan fingerprint density at radius 3 is 2.86 bits per heavy atom. The van der Waals surface area contributed by atoms with Crippen molar-refractivity contribution in [2.24, 2.45) is 5.92 Å². The number of hydrogen-bond acceptors (Lipinski definition) is 2. The standard InChI is InChI=1S/C11H12ClNO/c1-7-2-3-9(11(7)14)10-6-8(12)4-5-13-10/h4-7,9H,2-3H2,1H3. The Labute approximate surface area is 88.3 Å². The molecule has 1 heterocycles. The number of rotatable bonds is 1. The fourth-order valence-electron chi connectivity index (χ4n) is 1.95. The summed E-state index contributed by atoms with van der Waals surface area (Å²) in [5.41, 5.74) is 0.826. The minimum Gasteiger partial charge on any atom is -0.299 e. The number of pyridine rings is 1. The zero-order valence-electron chi connectivity index (χ0n) is 8.03. The van der Waals surface area contributed by atoms with Gasteiger partial charge < -0.3 is 0 Å². The van der Waals surface area contributed by atoms with Crippen molar-refractivity contribution in [2.75, 3.05) is 0 Å². The van der Waals surface area contributed by atoms with Gasteiger partial charge in [-0.3, -0.25) is 9.78 Å². The van der Waals surface area contributed by atoms with E-state index in [9.17, 15) is 4.79 Å². The second kappa shape index (κ2) is 3.70. The Morgan fingerprint density at radius 2 is 2.29 bits per heavy atom. The zero-order valence-corrected chi connectivity index (χ0v) is 8.79. The van der Waals surface area contributed by atoms with Crippen LogP contribution >= 0.6 is 11.6 Å². The molecule has 1 aromatic rings. The van der Waals surface area contributed by atoms with Crippen molar-refractivity contribution in [3.05, 3.63) is 29.0 Å². The largest absolute Gasteiger partial charge is 0.299 e. The van der Waals surface area contributed by atoms with E-state index in [1.165, 1.54) is 0 Å². The van der Waals surface area contributed by atoms with Gasteiger partial charge in [-0.25, -0.2) is 0 Å². The lowest BCUT2D eigenvalue weighted by Crippen LogP contribution is -2.11. The number of carbonyl (C=O) groups excluding carboxylic acids is 1. The Bertz CT molecular complexity index is 364. The lowest BCUT2D eigenvalue weighted by molar-refractivity contribution is -0.121. The SMILES string of the molecule is CC1CCC(c2cc(Cl)ccn2)C1=O. The van der Waals surface area contributed by atoms with E-state index in [0.717, 1.165) is 18.5 Å². The average molecular weight is 210 g/mol. The number of aromatic nitrogens is 1. The molecule has 1 fully saturated rings. The summed E-state index contributed by atoms with van der Waals surface area (Å²) < 4.78 is 0. The first-order valence-electron chi connectivity index (χ1n) is 4.83. The molecule has 0 bridgehead atoms. The quantitative estimate of drug-likeness (QED) is 0.712. The molecule has 3 heteroatoms. The van der Waals surface area contributed by atoms with Gasteiger partial charge in [-0.2, -0.15) is 0 Å². The summed E-state index contributed by atoms with van der Waals surface area (Å²) in [4.78, 5) is 15.9. The number of nitrogens with zero attached hydrogens (tertiary/aromatic N) is 1. The molecule has 0 saturated heterocycles. The van der Waals surface area contributed by atoms with E-state index in [2.05, 4.69) is 4.98 Å². The second-order valence-corrected chi connectivity index (χ2v) is 4.27. The molecule has 0 spiro atoms. The van der Waals surface area contributed by atoms with Crippen LogP contribution in [0.4, 0.5) is 0 Å². The van der Waals surface area contributed by atoms with Crippen LogP contribution in [0.2, 0.25) is 5.02 Å². The highest BCUT2D eigenvalue weighted by molar-refractivity contribution is 6.30. The number of halogens is 1. The van der Waals surface area contributed by atoms with Crippen molar-refractivity contribution in [1.82, 2.24) is 4.98 Å². The molecule has 14 heavy (non-hydrogen) atoms. The van der Waals surface area contributed by atoms with Crippen LogP contribution in [-0.2, 0) is 4.79 Å². The molecule has 1 saturated carbocycles. The Kier molecular flexibility index (Phi) is 2.55. The van der Waals surface area contributed by atoms with Crippen LogP contribution in [-0.4, -0.2) is 10.8 Å². The normalized spacial score (nSPS) is 26.9. The van der Waals surface area contributed by atoms with Crippen LogP contribution in [0.1, 0.15) is 31.4 Å². The first-order valence-corrected chi connectivity index (χ1v) is 5.21. The first-order chi connectivity index (χ1) is 6.68. The van der Waals surface area contributed by atoms with Gasteiger partial charge in [0.05, 0.1) is 11.6 Å². The molecule has 2 rings (SSSR count). The molecule has 2 nitrogen and oxygen atoms in total. The smallest absolute Gasteiger partial charge is 0.144 e. The molecule has 1 aliphatic rings. The second-order valence-electron chi connectivity index (χ2n) is 3.83. The van der Waals surface area contributed by atoms with Crippen molar-refractivity contribution in [1.29, 1.82) is 0 Å². The van der Waals surface area contributed by atoms with Gasteiger partial charge in [0.2, 0.25) is 0 Å². The van der Waals surface area contributed by atoms with E-state index in [-0.39, 0.29) is 11.8 Å². The molecule has 0 aromatic carbocycles. The lowest BCUT2D eigenvalue weighted by atomic mass is 10.0. The molecule has 2 unspecified atom stereocenters. The van der Waals surface area contributed by atoms with Gasteiger partial charge in [0.15, 0.2) is 0 Å². The zero-order chi connectivity index (χ0) is 10.1. The molecular formula is C11H12ClNO. The Balaban J connectivity index is 2.28. The molecule has 74 valence electrons. The number of hydrogen-bond donors (Lipinski definition) is 0. The highest BCUT2D eigenvalue weighted by Crippen LogP contribution is 2.34. The summed E-state index contributed by atoms with van der Waals surface area (Å²) in [6.45, 7) is 1.98. The minimum absolute atomic E-state index is 0.0244. The van der Waals surface area contributed by atoms with E-state index >= 15 is 0 Å².